The second-order valence-electron chi connectivity index (χ2n) is 5.00. The third-order valence-electron chi connectivity index (χ3n) is 3.48. The molecule has 0 aromatic heterocycles. The average molecular weight is 370 g/mol. The number of aliphatic hydroxyl groups is 1. The zero-order valence-corrected chi connectivity index (χ0v) is 14.2. The van der Waals surface area contributed by atoms with Crippen LogP contribution in [0.25, 0.3) is 0 Å². The number of aliphatic hydroxyl groups excluding tert-OH is 1. The molecule has 2 aromatic carbocycles. The van der Waals surface area contributed by atoms with Gasteiger partial charge in [0.15, 0.2) is 0 Å². The Bertz CT molecular complexity index is 601. The van der Waals surface area contributed by atoms with E-state index in [0.29, 0.717) is 0 Å². The minimum absolute atomic E-state index is 0.105. The molecule has 0 aliphatic carbocycles. The summed E-state index contributed by atoms with van der Waals surface area (Å²) in [6.07, 6.45) is 1.48. The summed E-state index contributed by atoms with van der Waals surface area (Å²) >= 11 is 9.67. The standard InChI is InChI=1S/C17H18BrClO2/c1-21-17-7-6-15(18)10-14(17)9-12(11-20)8-13-4-2-3-5-16(13)19/h2-7,10,12,20H,8-9,11H2,1H3. The van der Waals surface area contributed by atoms with Crippen LogP contribution in [-0.4, -0.2) is 18.8 Å². The van der Waals surface area contributed by atoms with Gasteiger partial charge < -0.3 is 9.84 Å². The Balaban J connectivity index is 2.16. The van der Waals surface area contributed by atoms with E-state index < -0.39 is 0 Å². The number of ether oxygens (including phenoxy) is 1. The minimum Gasteiger partial charge on any atom is -0.496 e. The van der Waals surface area contributed by atoms with Gasteiger partial charge in [0, 0.05) is 16.1 Å². The van der Waals surface area contributed by atoms with E-state index >= 15 is 0 Å². The highest BCUT2D eigenvalue weighted by molar-refractivity contribution is 9.10. The molecule has 0 saturated heterocycles. The molecule has 4 heteroatoms. The molecule has 0 aliphatic rings. The number of benzene rings is 2. The third-order valence-corrected chi connectivity index (χ3v) is 4.34. The Morgan fingerprint density at radius 1 is 1.14 bits per heavy atom. The molecular formula is C17H18BrClO2. The molecule has 0 fully saturated rings. The summed E-state index contributed by atoms with van der Waals surface area (Å²) in [4.78, 5) is 0. The third kappa shape index (κ3) is 4.47. The molecule has 1 unspecified atom stereocenters. The summed E-state index contributed by atoms with van der Waals surface area (Å²) in [5.41, 5.74) is 2.14. The van der Waals surface area contributed by atoms with Crippen molar-refractivity contribution in [1.29, 1.82) is 0 Å². The summed E-state index contributed by atoms with van der Waals surface area (Å²) in [6.45, 7) is 0.112. The first-order valence-electron chi connectivity index (χ1n) is 6.80. The number of hydrogen-bond acceptors (Lipinski definition) is 2. The van der Waals surface area contributed by atoms with Gasteiger partial charge in [0.2, 0.25) is 0 Å². The first-order chi connectivity index (χ1) is 10.1. The number of hydrogen-bond donors (Lipinski definition) is 1. The molecule has 0 saturated carbocycles. The van der Waals surface area contributed by atoms with Crippen molar-refractivity contribution in [2.24, 2.45) is 5.92 Å². The van der Waals surface area contributed by atoms with E-state index in [9.17, 15) is 5.11 Å². The van der Waals surface area contributed by atoms with Crippen LogP contribution in [-0.2, 0) is 12.8 Å². The van der Waals surface area contributed by atoms with Crippen molar-refractivity contribution >= 4 is 27.5 Å². The van der Waals surface area contributed by atoms with Crippen molar-refractivity contribution in [3.63, 3.8) is 0 Å². The summed E-state index contributed by atoms with van der Waals surface area (Å²) in [7, 11) is 1.66. The van der Waals surface area contributed by atoms with Gasteiger partial charge in [-0.25, -0.2) is 0 Å². The lowest BCUT2D eigenvalue weighted by Crippen LogP contribution is -2.14. The van der Waals surface area contributed by atoms with E-state index in [-0.39, 0.29) is 12.5 Å². The van der Waals surface area contributed by atoms with E-state index in [1.165, 1.54) is 0 Å². The van der Waals surface area contributed by atoms with Gasteiger partial charge in [-0.3, -0.25) is 0 Å². The van der Waals surface area contributed by atoms with Gasteiger partial charge >= 0.3 is 0 Å². The molecule has 0 heterocycles. The van der Waals surface area contributed by atoms with Gasteiger partial charge in [-0.15, -0.1) is 0 Å². The smallest absolute Gasteiger partial charge is 0.122 e. The van der Waals surface area contributed by atoms with Crippen LogP contribution in [0.3, 0.4) is 0 Å². The fourth-order valence-electron chi connectivity index (χ4n) is 2.39. The van der Waals surface area contributed by atoms with Gasteiger partial charge in [-0.1, -0.05) is 45.7 Å². The predicted octanol–water partition coefficient (Wildman–Crippen LogP) is 4.50. The Labute approximate surface area is 138 Å². The summed E-state index contributed by atoms with van der Waals surface area (Å²) < 4.78 is 6.40. The molecule has 2 nitrogen and oxygen atoms in total. The van der Waals surface area contributed by atoms with Crippen LogP contribution in [0.4, 0.5) is 0 Å². The van der Waals surface area contributed by atoms with Crippen molar-refractivity contribution in [1.82, 2.24) is 0 Å². The fourth-order valence-corrected chi connectivity index (χ4v) is 3.02. The largest absolute Gasteiger partial charge is 0.496 e. The Morgan fingerprint density at radius 3 is 2.52 bits per heavy atom. The Hall–Kier alpha value is -1.03. The maximum absolute atomic E-state index is 9.68. The summed E-state index contributed by atoms with van der Waals surface area (Å²) in [6, 6.07) is 13.7. The van der Waals surface area contributed by atoms with Crippen LogP contribution in [0.1, 0.15) is 11.1 Å². The Kier molecular flexibility index (Phi) is 6.09. The maximum Gasteiger partial charge on any atom is 0.122 e. The molecule has 2 rings (SSSR count). The van der Waals surface area contributed by atoms with Crippen molar-refractivity contribution < 1.29 is 9.84 Å². The normalized spacial score (nSPS) is 12.2. The van der Waals surface area contributed by atoms with Crippen molar-refractivity contribution in [2.45, 2.75) is 12.8 Å². The Morgan fingerprint density at radius 2 is 1.86 bits per heavy atom. The number of rotatable bonds is 6. The van der Waals surface area contributed by atoms with E-state index in [1.54, 1.807) is 7.11 Å². The van der Waals surface area contributed by atoms with E-state index in [4.69, 9.17) is 16.3 Å². The second kappa shape index (κ2) is 7.83. The van der Waals surface area contributed by atoms with Crippen molar-refractivity contribution in [3.8, 4) is 5.75 Å². The zero-order chi connectivity index (χ0) is 15.2. The molecule has 0 amide bonds. The van der Waals surface area contributed by atoms with E-state index in [0.717, 1.165) is 39.2 Å². The van der Waals surface area contributed by atoms with Crippen LogP contribution in [0, 0.1) is 5.92 Å². The van der Waals surface area contributed by atoms with Crippen LogP contribution in [0.15, 0.2) is 46.9 Å². The maximum atomic E-state index is 9.68. The molecule has 1 N–H and O–H groups in total. The SMILES string of the molecule is COc1ccc(Br)cc1CC(CO)Cc1ccccc1Cl. The first-order valence-corrected chi connectivity index (χ1v) is 7.97. The van der Waals surface area contributed by atoms with Crippen LogP contribution >= 0.6 is 27.5 Å². The molecular weight excluding hydrogens is 352 g/mol. The molecule has 21 heavy (non-hydrogen) atoms. The molecule has 2 aromatic rings. The molecule has 0 spiro atoms. The van der Waals surface area contributed by atoms with E-state index in [1.807, 2.05) is 42.5 Å². The highest BCUT2D eigenvalue weighted by Crippen LogP contribution is 2.27. The van der Waals surface area contributed by atoms with Crippen LogP contribution in [0.5, 0.6) is 5.75 Å². The highest BCUT2D eigenvalue weighted by atomic mass is 79.9. The highest BCUT2D eigenvalue weighted by Gasteiger charge is 2.14. The summed E-state index contributed by atoms with van der Waals surface area (Å²) in [5, 5.41) is 10.4. The summed E-state index contributed by atoms with van der Waals surface area (Å²) in [5.74, 6) is 0.948. The molecule has 1 atom stereocenters. The van der Waals surface area contributed by atoms with Gasteiger partial charge in [-0.05, 0) is 54.2 Å². The van der Waals surface area contributed by atoms with Crippen LogP contribution in [0.2, 0.25) is 5.02 Å². The van der Waals surface area contributed by atoms with Gasteiger partial charge in [0.05, 0.1) is 7.11 Å². The van der Waals surface area contributed by atoms with Gasteiger partial charge in [-0.2, -0.15) is 0 Å². The minimum atomic E-state index is 0.105. The lowest BCUT2D eigenvalue weighted by Gasteiger charge is -2.17. The van der Waals surface area contributed by atoms with Crippen molar-refractivity contribution in [3.05, 3.63) is 63.1 Å². The second-order valence-corrected chi connectivity index (χ2v) is 6.33. The molecule has 0 radical (unpaired) electrons. The van der Waals surface area contributed by atoms with E-state index in [2.05, 4.69) is 15.9 Å². The zero-order valence-electron chi connectivity index (χ0n) is 11.9. The number of methoxy groups -OCH3 is 1. The first kappa shape index (κ1) is 16.3. The average Bonchev–Trinajstić information content (AvgIpc) is 2.49. The van der Waals surface area contributed by atoms with Crippen LogP contribution < -0.4 is 4.74 Å². The monoisotopic (exact) mass is 368 g/mol. The molecule has 112 valence electrons. The predicted molar refractivity (Wildman–Crippen MR) is 90.1 cm³/mol. The number of halogens is 2. The van der Waals surface area contributed by atoms with Crippen molar-refractivity contribution in [2.75, 3.05) is 13.7 Å². The topological polar surface area (TPSA) is 29.5 Å². The fraction of sp³-hybridized carbons (Fsp3) is 0.294. The molecule has 0 aliphatic heterocycles. The molecule has 0 bridgehead atoms. The van der Waals surface area contributed by atoms with Gasteiger partial charge in [0.1, 0.15) is 5.75 Å². The quantitative estimate of drug-likeness (QED) is 0.812. The lowest BCUT2D eigenvalue weighted by molar-refractivity contribution is 0.224. The lowest BCUT2D eigenvalue weighted by atomic mass is 9.93. The van der Waals surface area contributed by atoms with Gasteiger partial charge in [0.25, 0.3) is 0 Å².